The van der Waals surface area contributed by atoms with Crippen molar-refractivity contribution in [1.29, 1.82) is 0 Å². The van der Waals surface area contributed by atoms with E-state index in [1.807, 2.05) is 42.5 Å². The SMILES string of the molecule is C/C(=N/OCC(=O)OCc1ccc(Br)cc1)c1ccc2c(c1)OCO2. The molecule has 25 heavy (non-hydrogen) atoms. The van der Waals surface area contributed by atoms with E-state index < -0.39 is 5.97 Å². The van der Waals surface area contributed by atoms with Crippen molar-refractivity contribution >= 4 is 27.6 Å². The summed E-state index contributed by atoms with van der Waals surface area (Å²) in [6.45, 7) is 1.94. The number of fused-ring (bicyclic) bond motifs is 1. The number of oxime groups is 1. The summed E-state index contributed by atoms with van der Waals surface area (Å²) in [6.07, 6.45) is 0. The number of nitrogens with zero attached hydrogens (tertiary/aromatic N) is 1. The van der Waals surface area contributed by atoms with Crippen LogP contribution in [-0.2, 0) is 21.0 Å². The Hall–Kier alpha value is -2.54. The van der Waals surface area contributed by atoms with Crippen molar-refractivity contribution in [2.45, 2.75) is 13.5 Å². The van der Waals surface area contributed by atoms with Gasteiger partial charge in [-0.15, -0.1) is 0 Å². The molecule has 3 rings (SSSR count). The number of carbonyl (C=O) groups excluding carboxylic acids is 1. The predicted octanol–water partition coefficient (Wildman–Crippen LogP) is 3.66. The van der Waals surface area contributed by atoms with Crippen molar-refractivity contribution in [3.05, 3.63) is 58.1 Å². The van der Waals surface area contributed by atoms with Crippen molar-refractivity contribution < 1.29 is 23.8 Å². The normalized spacial score (nSPS) is 12.8. The zero-order valence-electron chi connectivity index (χ0n) is 13.5. The lowest BCUT2D eigenvalue weighted by molar-refractivity contribution is -0.150. The number of hydrogen-bond donors (Lipinski definition) is 0. The quantitative estimate of drug-likeness (QED) is 0.416. The monoisotopic (exact) mass is 405 g/mol. The molecule has 0 aliphatic carbocycles. The van der Waals surface area contributed by atoms with E-state index in [1.165, 1.54) is 0 Å². The highest BCUT2D eigenvalue weighted by molar-refractivity contribution is 9.10. The fourth-order valence-corrected chi connectivity index (χ4v) is 2.41. The van der Waals surface area contributed by atoms with Gasteiger partial charge in [0.1, 0.15) is 6.61 Å². The summed E-state index contributed by atoms with van der Waals surface area (Å²) in [7, 11) is 0. The molecule has 6 nitrogen and oxygen atoms in total. The summed E-state index contributed by atoms with van der Waals surface area (Å²) in [5, 5.41) is 3.94. The van der Waals surface area contributed by atoms with E-state index in [0.717, 1.165) is 15.6 Å². The molecule has 0 aromatic heterocycles. The van der Waals surface area contributed by atoms with Crippen molar-refractivity contribution in [2.75, 3.05) is 13.4 Å². The summed E-state index contributed by atoms with van der Waals surface area (Å²) >= 11 is 3.35. The van der Waals surface area contributed by atoms with Gasteiger partial charge >= 0.3 is 5.97 Å². The Balaban J connectivity index is 1.47. The van der Waals surface area contributed by atoms with Crippen molar-refractivity contribution in [3.63, 3.8) is 0 Å². The average molecular weight is 406 g/mol. The first-order valence-electron chi connectivity index (χ1n) is 7.58. The summed E-state index contributed by atoms with van der Waals surface area (Å²) in [6, 6.07) is 13.0. The highest BCUT2D eigenvalue weighted by Crippen LogP contribution is 2.32. The van der Waals surface area contributed by atoms with Gasteiger partial charge in [0.05, 0.1) is 5.71 Å². The van der Waals surface area contributed by atoms with Crippen molar-refractivity contribution in [3.8, 4) is 11.5 Å². The molecule has 130 valence electrons. The largest absolute Gasteiger partial charge is 0.458 e. The van der Waals surface area contributed by atoms with Crippen LogP contribution in [0.2, 0.25) is 0 Å². The molecule has 0 saturated carbocycles. The van der Waals surface area contributed by atoms with Gasteiger partial charge in [0, 0.05) is 10.0 Å². The van der Waals surface area contributed by atoms with Crippen LogP contribution in [0.4, 0.5) is 0 Å². The zero-order valence-corrected chi connectivity index (χ0v) is 15.1. The van der Waals surface area contributed by atoms with E-state index in [4.69, 9.17) is 19.0 Å². The third-order valence-corrected chi connectivity index (χ3v) is 4.02. The molecule has 0 atom stereocenters. The molecule has 1 aliphatic rings. The van der Waals surface area contributed by atoms with Crippen LogP contribution in [0.15, 0.2) is 52.1 Å². The Kier molecular flexibility index (Phi) is 5.55. The van der Waals surface area contributed by atoms with Crippen LogP contribution < -0.4 is 9.47 Å². The van der Waals surface area contributed by atoms with Crippen LogP contribution in [0.3, 0.4) is 0 Å². The molecule has 0 saturated heterocycles. The first-order chi connectivity index (χ1) is 12.1. The molecule has 0 N–H and O–H groups in total. The third-order valence-electron chi connectivity index (χ3n) is 3.49. The lowest BCUT2D eigenvalue weighted by Gasteiger charge is -2.05. The molecular weight excluding hydrogens is 390 g/mol. The number of ether oxygens (including phenoxy) is 3. The summed E-state index contributed by atoms with van der Waals surface area (Å²) < 4.78 is 16.7. The van der Waals surface area contributed by atoms with Gasteiger partial charge in [-0.1, -0.05) is 33.2 Å². The van der Waals surface area contributed by atoms with Crippen LogP contribution in [0.25, 0.3) is 0 Å². The maximum absolute atomic E-state index is 11.7. The lowest BCUT2D eigenvalue weighted by Crippen LogP contribution is -2.11. The molecule has 0 bridgehead atoms. The first kappa shape index (κ1) is 17.3. The van der Waals surface area contributed by atoms with E-state index in [0.29, 0.717) is 17.2 Å². The van der Waals surface area contributed by atoms with Gasteiger partial charge in [-0.3, -0.25) is 0 Å². The molecule has 0 unspecified atom stereocenters. The van der Waals surface area contributed by atoms with Crippen LogP contribution in [0, 0.1) is 0 Å². The fraction of sp³-hybridized carbons (Fsp3) is 0.222. The van der Waals surface area contributed by atoms with Gasteiger partial charge in [0.25, 0.3) is 0 Å². The number of rotatable bonds is 6. The third kappa shape index (κ3) is 4.73. The minimum absolute atomic E-state index is 0.195. The van der Waals surface area contributed by atoms with Crippen LogP contribution >= 0.6 is 15.9 Å². The molecule has 1 heterocycles. The minimum atomic E-state index is -0.481. The van der Waals surface area contributed by atoms with Gasteiger partial charge in [0.15, 0.2) is 11.5 Å². The van der Waals surface area contributed by atoms with E-state index >= 15 is 0 Å². The Morgan fingerprint density at radius 2 is 1.92 bits per heavy atom. The minimum Gasteiger partial charge on any atom is -0.458 e. The van der Waals surface area contributed by atoms with Crippen LogP contribution in [0.5, 0.6) is 11.5 Å². The summed E-state index contributed by atoms with van der Waals surface area (Å²) in [5.74, 6) is 0.889. The Morgan fingerprint density at radius 3 is 2.72 bits per heavy atom. The second-order valence-corrected chi connectivity index (χ2v) is 6.22. The molecule has 0 amide bonds. The van der Waals surface area contributed by atoms with Gasteiger partial charge < -0.3 is 19.0 Å². The Bertz CT molecular complexity index is 789. The fourth-order valence-electron chi connectivity index (χ4n) is 2.14. The highest BCUT2D eigenvalue weighted by Gasteiger charge is 2.14. The Labute approximate surface area is 153 Å². The number of esters is 1. The molecular formula is C18H16BrNO5. The van der Waals surface area contributed by atoms with E-state index in [1.54, 1.807) is 6.92 Å². The number of carbonyl (C=O) groups is 1. The average Bonchev–Trinajstić information content (AvgIpc) is 3.09. The van der Waals surface area contributed by atoms with Crippen LogP contribution in [-0.4, -0.2) is 25.1 Å². The maximum Gasteiger partial charge on any atom is 0.347 e. The van der Waals surface area contributed by atoms with Gasteiger partial charge in [-0.25, -0.2) is 4.79 Å². The molecule has 0 fully saturated rings. The molecule has 7 heteroatoms. The van der Waals surface area contributed by atoms with Crippen molar-refractivity contribution in [2.24, 2.45) is 5.16 Å². The Morgan fingerprint density at radius 1 is 1.16 bits per heavy atom. The summed E-state index contributed by atoms with van der Waals surface area (Å²) in [5.41, 5.74) is 2.35. The first-order valence-corrected chi connectivity index (χ1v) is 8.38. The van der Waals surface area contributed by atoms with E-state index in [-0.39, 0.29) is 20.0 Å². The number of hydrogen-bond acceptors (Lipinski definition) is 6. The van der Waals surface area contributed by atoms with E-state index in [9.17, 15) is 4.79 Å². The van der Waals surface area contributed by atoms with Gasteiger partial charge in [-0.2, -0.15) is 0 Å². The van der Waals surface area contributed by atoms with Gasteiger partial charge in [-0.05, 0) is 42.8 Å². The second kappa shape index (κ2) is 8.02. The van der Waals surface area contributed by atoms with Gasteiger partial charge in [0.2, 0.25) is 13.4 Å². The molecule has 0 spiro atoms. The molecule has 2 aromatic carbocycles. The molecule has 0 radical (unpaired) electrons. The highest BCUT2D eigenvalue weighted by atomic mass is 79.9. The van der Waals surface area contributed by atoms with Crippen LogP contribution in [0.1, 0.15) is 18.1 Å². The number of benzene rings is 2. The van der Waals surface area contributed by atoms with Crippen molar-refractivity contribution in [1.82, 2.24) is 0 Å². The zero-order chi connectivity index (χ0) is 17.6. The predicted molar refractivity (Wildman–Crippen MR) is 94.7 cm³/mol. The van der Waals surface area contributed by atoms with E-state index in [2.05, 4.69) is 21.1 Å². The number of halogens is 1. The lowest BCUT2D eigenvalue weighted by atomic mass is 10.1. The second-order valence-electron chi connectivity index (χ2n) is 5.31. The summed E-state index contributed by atoms with van der Waals surface area (Å²) in [4.78, 5) is 16.8. The smallest absolute Gasteiger partial charge is 0.347 e. The standard InChI is InChI=1S/C18H16BrNO5/c1-12(14-4-7-16-17(8-14)24-11-23-16)20-25-10-18(21)22-9-13-2-5-15(19)6-3-13/h2-8H,9-11H2,1H3/b20-12-. The maximum atomic E-state index is 11.7. The topological polar surface area (TPSA) is 66.4 Å². The molecule has 1 aliphatic heterocycles. The molecule has 2 aromatic rings.